The fraction of sp³-hybridized carbons (Fsp3) is 0.273. The zero-order valence-corrected chi connectivity index (χ0v) is 8.88. The largest absolute Gasteiger partial charge is 0.461 e. The van der Waals surface area contributed by atoms with Crippen molar-refractivity contribution in [1.29, 1.82) is 0 Å². The number of ether oxygens (including phenoxy) is 1. The van der Waals surface area contributed by atoms with Crippen LogP contribution in [0.3, 0.4) is 0 Å². The first kappa shape index (κ1) is 8.82. The third kappa shape index (κ3) is 2.13. The fourth-order valence-electron chi connectivity index (χ4n) is 1.42. The molecule has 0 aromatic heterocycles. The summed E-state index contributed by atoms with van der Waals surface area (Å²) < 4.78 is 6.94. The molecule has 0 bridgehead atoms. The monoisotopic (exact) mass is 238 g/mol. The fourth-order valence-corrected chi connectivity index (χ4v) is 1.98. The summed E-state index contributed by atoms with van der Waals surface area (Å²) >= 11 is 3.52. The molecule has 0 saturated carbocycles. The van der Waals surface area contributed by atoms with Crippen LogP contribution >= 0.6 is 15.9 Å². The quantitative estimate of drug-likeness (QED) is 0.761. The number of halogens is 1. The predicted octanol–water partition coefficient (Wildman–Crippen LogP) is 3.86. The minimum Gasteiger partial charge on any atom is -0.461 e. The molecule has 0 heterocycles. The van der Waals surface area contributed by atoms with Crippen LogP contribution < -0.4 is 4.74 Å². The molecule has 1 aliphatic carbocycles. The Morgan fingerprint density at radius 2 is 1.85 bits per heavy atom. The summed E-state index contributed by atoms with van der Waals surface area (Å²) in [6.45, 7) is 0. The van der Waals surface area contributed by atoms with Gasteiger partial charge in [0.05, 0.1) is 0 Å². The van der Waals surface area contributed by atoms with Gasteiger partial charge in [0.15, 0.2) is 0 Å². The summed E-state index contributed by atoms with van der Waals surface area (Å²) in [6.07, 6.45) is 3.36. The van der Waals surface area contributed by atoms with Crippen molar-refractivity contribution in [2.24, 2.45) is 0 Å². The van der Waals surface area contributed by atoms with Crippen LogP contribution in [0.25, 0.3) is 0 Å². The third-order valence-electron chi connectivity index (χ3n) is 2.09. The predicted molar refractivity (Wildman–Crippen MR) is 56.9 cm³/mol. The molecule has 1 aromatic carbocycles. The van der Waals surface area contributed by atoms with Crippen molar-refractivity contribution < 1.29 is 4.74 Å². The molecule has 68 valence electrons. The molecule has 0 fully saturated rings. The second-order valence-corrected chi connectivity index (χ2v) is 4.05. The lowest BCUT2D eigenvalue weighted by atomic mass is 10.3. The van der Waals surface area contributed by atoms with Crippen molar-refractivity contribution in [3.63, 3.8) is 0 Å². The Labute approximate surface area is 86.5 Å². The normalized spacial score (nSPS) is 16.4. The summed E-state index contributed by atoms with van der Waals surface area (Å²) in [5, 5.41) is 0. The van der Waals surface area contributed by atoms with Crippen molar-refractivity contribution in [2.75, 3.05) is 0 Å². The van der Waals surface area contributed by atoms with Crippen molar-refractivity contribution >= 4 is 15.9 Å². The molecule has 2 rings (SSSR count). The highest BCUT2D eigenvalue weighted by Gasteiger charge is 2.13. The molecule has 1 nitrogen and oxygen atoms in total. The maximum absolute atomic E-state index is 5.72. The van der Waals surface area contributed by atoms with E-state index in [0.29, 0.717) is 0 Å². The Hall–Kier alpha value is -0.760. The van der Waals surface area contributed by atoms with Gasteiger partial charge in [-0.05, 0) is 25.0 Å². The zero-order valence-electron chi connectivity index (χ0n) is 7.29. The molecule has 2 heteroatoms. The number of rotatable bonds is 2. The average Bonchev–Trinajstić information content (AvgIpc) is 2.54. The molecule has 0 spiro atoms. The number of para-hydroxylation sites is 1. The van der Waals surface area contributed by atoms with E-state index < -0.39 is 0 Å². The Morgan fingerprint density at radius 3 is 2.46 bits per heavy atom. The van der Waals surface area contributed by atoms with Crippen LogP contribution in [0.4, 0.5) is 0 Å². The Morgan fingerprint density at radius 1 is 1.08 bits per heavy atom. The van der Waals surface area contributed by atoms with E-state index in [1.807, 2.05) is 30.3 Å². The van der Waals surface area contributed by atoms with Gasteiger partial charge >= 0.3 is 0 Å². The summed E-state index contributed by atoms with van der Waals surface area (Å²) in [7, 11) is 0. The van der Waals surface area contributed by atoms with E-state index in [2.05, 4.69) is 15.9 Å². The molecule has 0 unspecified atom stereocenters. The Kier molecular flexibility index (Phi) is 2.69. The lowest BCUT2D eigenvalue weighted by Gasteiger charge is -2.06. The molecule has 1 aliphatic rings. The van der Waals surface area contributed by atoms with E-state index in [4.69, 9.17) is 4.74 Å². The van der Waals surface area contributed by atoms with Gasteiger partial charge in [-0.3, -0.25) is 0 Å². The molecular weight excluding hydrogens is 228 g/mol. The molecule has 0 aliphatic heterocycles. The highest BCUT2D eigenvalue weighted by molar-refractivity contribution is 9.11. The second kappa shape index (κ2) is 3.97. The smallest absolute Gasteiger partial charge is 0.126 e. The number of hydrogen-bond donors (Lipinski definition) is 0. The van der Waals surface area contributed by atoms with Gasteiger partial charge in [0.25, 0.3) is 0 Å². The first-order valence-electron chi connectivity index (χ1n) is 4.47. The van der Waals surface area contributed by atoms with Gasteiger partial charge in [0.2, 0.25) is 0 Å². The van der Waals surface area contributed by atoms with Crippen LogP contribution in [-0.2, 0) is 0 Å². The van der Waals surface area contributed by atoms with E-state index >= 15 is 0 Å². The van der Waals surface area contributed by atoms with Gasteiger partial charge in [-0.25, -0.2) is 0 Å². The Balaban J connectivity index is 2.11. The summed E-state index contributed by atoms with van der Waals surface area (Å²) in [6, 6.07) is 9.92. The molecule has 1 aromatic rings. The summed E-state index contributed by atoms with van der Waals surface area (Å²) in [5.41, 5.74) is 0. The number of allylic oxidation sites excluding steroid dienone is 2. The van der Waals surface area contributed by atoms with Gasteiger partial charge in [0.1, 0.15) is 11.5 Å². The lowest BCUT2D eigenvalue weighted by Crippen LogP contribution is -1.92. The molecule has 0 radical (unpaired) electrons. The minimum atomic E-state index is 0.927. The van der Waals surface area contributed by atoms with E-state index in [9.17, 15) is 0 Å². The third-order valence-corrected chi connectivity index (χ3v) is 2.93. The van der Waals surface area contributed by atoms with E-state index in [-0.39, 0.29) is 0 Å². The topological polar surface area (TPSA) is 9.23 Å². The zero-order chi connectivity index (χ0) is 9.10. The minimum absolute atomic E-state index is 0.927. The van der Waals surface area contributed by atoms with Crippen LogP contribution in [0.15, 0.2) is 40.6 Å². The van der Waals surface area contributed by atoms with Crippen LogP contribution in [0.5, 0.6) is 5.75 Å². The van der Waals surface area contributed by atoms with Gasteiger partial charge < -0.3 is 4.74 Å². The first-order valence-corrected chi connectivity index (χ1v) is 5.26. The van der Waals surface area contributed by atoms with Crippen molar-refractivity contribution in [1.82, 2.24) is 0 Å². The van der Waals surface area contributed by atoms with E-state index in [0.717, 1.165) is 24.4 Å². The Bertz CT molecular complexity index is 316. The molecule has 0 N–H and O–H groups in total. The van der Waals surface area contributed by atoms with Crippen LogP contribution in [-0.4, -0.2) is 0 Å². The van der Waals surface area contributed by atoms with E-state index in [1.54, 1.807) is 0 Å². The SMILES string of the molecule is BrC1=C(Oc2ccccc2)CCC1. The maximum Gasteiger partial charge on any atom is 0.126 e. The molecule has 0 saturated heterocycles. The van der Waals surface area contributed by atoms with Crippen molar-refractivity contribution in [3.05, 3.63) is 40.6 Å². The van der Waals surface area contributed by atoms with Gasteiger partial charge in [-0.2, -0.15) is 0 Å². The molecule has 13 heavy (non-hydrogen) atoms. The van der Waals surface area contributed by atoms with E-state index in [1.165, 1.54) is 10.9 Å². The maximum atomic E-state index is 5.72. The molecular formula is C11H11BrO. The summed E-state index contributed by atoms with van der Waals surface area (Å²) in [4.78, 5) is 0. The standard InChI is InChI=1S/C11H11BrO/c12-10-7-4-8-11(10)13-9-5-2-1-3-6-9/h1-3,5-6H,4,7-8H2. The lowest BCUT2D eigenvalue weighted by molar-refractivity contribution is 0.411. The summed E-state index contributed by atoms with van der Waals surface area (Å²) in [5.74, 6) is 2.02. The van der Waals surface area contributed by atoms with Gasteiger partial charge in [-0.15, -0.1) is 0 Å². The van der Waals surface area contributed by atoms with Crippen LogP contribution in [0, 0.1) is 0 Å². The molecule has 0 atom stereocenters. The first-order chi connectivity index (χ1) is 6.36. The highest BCUT2D eigenvalue weighted by Crippen LogP contribution is 2.31. The van der Waals surface area contributed by atoms with Gasteiger partial charge in [-0.1, -0.05) is 34.1 Å². The second-order valence-electron chi connectivity index (χ2n) is 3.10. The van der Waals surface area contributed by atoms with Crippen molar-refractivity contribution in [3.8, 4) is 5.75 Å². The van der Waals surface area contributed by atoms with Gasteiger partial charge in [0, 0.05) is 10.9 Å². The number of hydrogen-bond acceptors (Lipinski definition) is 1. The number of benzene rings is 1. The van der Waals surface area contributed by atoms with Crippen LogP contribution in [0.2, 0.25) is 0 Å². The average molecular weight is 239 g/mol. The van der Waals surface area contributed by atoms with Crippen LogP contribution in [0.1, 0.15) is 19.3 Å². The molecule has 0 amide bonds. The van der Waals surface area contributed by atoms with Crippen molar-refractivity contribution in [2.45, 2.75) is 19.3 Å². The highest BCUT2D eigenvalue weighted by atomic mass is 79.9.